The van der Waals surface area contributed by atoms with E-state index in [1.54, 1.807) is 0 Å². The van der Waals surface area contributed by atoms with Crippen LogP contribution < -0.4 is 0 Å². The molecule has 10 heavy (non-hydrogen) atoms. The monoisotopic (exact) mass is 150 g/mol. The van der Waals surface area contributed by atoms with Crippen molar-refractivity contribution in [2.45, 2.75) is 12.6 Å². The number of hydrogen-bond donors (Lipinski definition) is 2. The molecule has 0 radical (unpaired) electrons. The van der Waals surface area contributed by atoms with Gasteiger partial charge in [0.1, 0.15) is 0 Å². The average Bonchev–Trinajstić information content (AvgIpc) is 1.89. The van der Waals surface area contributed by atoms with Gasteiger partial charge in [0.15, 0.2) is 0 Å². The number of hydrogen-bond acceptors (Lipinski definition) is 6. The molecule has 2 unspecified atom stereocenters. The molecule has 2 N–H and O–H groups in total. The fourth-order valence-corrected chi connectivity index (χ4v) is 0.248. The van der Waals surface area contributed by atoms with Crippen LogP contribution in [0.25, 0.3) is 0 Å². The van der Waals surface area contributed by atoms with Crippen LogP contribution in [0, 0.1) is 0 Å². The second kappa shape index (κ2) is 4.71. The highest BCUT2D eigenvalue weighted by molar-refractivity contribution is 5.38. The molecule has 0 aromatic heterocycles. The SMILES string of the molecule is O=COC(O)C(O)OC=O. The zero-order chi connectivity index (χ0) is 7.98. The highest BCUT2D eigenvalue weighted by atomic mass is 16.7. The maximum absolute atomic E-state index is 9.49. The van der Waals surface area contributed by atoms with E-state index in [0.717, 1.165) is 0 Å². The first-order valence-corrected chi connectivity index (χ1v) is 2.26. The number of aliphatic hydroxyl groups excluding tert-OH is 2. The summed E-state index contributed by atoms with van der Waals surface area (Å²) < 4.78 is 7.59. The van der Waals surface area contributed by atoms with Crippen molar-refractivity contribution in [2.75, 3.05) is 0 Å². The Morgan fingerprint density at radius 1 is 1.00 bits per heavy atom. The van der Waals surface area contributed by atoms with Gasteiger partial charge in [0, 0.05) is 0 Å². The molecule has 0 amide bonds. The Balaban J connectivity index is 3.56. The lowest BCUT2D eigenvalue weighted by atomic mass is 10.6. The summed E-state index contributed by atoms with van der Waals surface area (Å²) in [5.41, 5.74) is 0. The van der Waals surface area contributed by atoms with Crippen LogP contribution in [0.15, 0.2) is 0 Å². The van der Waals surface area contributed by atoms with Gasteiger partial charge in [-0.15, -0.1) is 0 Å². The van der Waals surface area contributed by atoms with Gasteiger partial charge >= 0.3 is 0 Å². The lowest BCUT2D eigenvalue weighted by molar-refractivity contribution is -0.229. The van der Waals surface area contributed by atoms with Gasteiger partial charge in [0.05, 0.1) is 0 Å². The summed E-state index contributed by atoms with van der Waals surface area (Å²) in [6.07, 6.45) is -3.66. The number of ether oxygens (including phenoxy) is 2. The van der Waals surface area contributed by atoms with Crippen LogP contribution in [-0.4, -0.2) is 35.7 Å². The maximum atomic E-state index is 9.49. The molecule has 58 valence electrons. The molecule has 0 aliphatic heterocycles. The van der Waals surface area contributed by atoms with E-state index in [4.69, 9.17) is 10.2 Å². The molecular weight excluding hydrogens is 144 g/mol. The van der Waals surface area contributed by atoms with Crippen molar-refractivity contribution in [3.63, 3.8) is 0 Å². The summed E-state index contributed by atoms with van der Waals surface area (Å²) in [6, 6.07) is 0. The Labute approximate surface area is 56.0 Å². The first-order chi connectivity index (χ1) is 4.72. The first-order valence-electron chi connectivity index (χ1n) is 2.26. The van der Waals surface area contributed by atoms with Crippen molar-refractivity contribution in [3.05, 3.63) is 0 Å². The van der Waals surface area contributed by atoms with Crippen LogP contribution in [-0.2, 0) is 19.1 Å². The second-order valence-corrected chi connectivity index (χ2v) is 1.25. The van der Waals surface area contributed by atoms with Crippen molar-refractivity contribution in [2.24, 2.45) is 0 Å². The highest BCUT2D eigenvalue weighted by Gasteiger charge is 2.17. The summed E-state index contributed by atoms with van der Waals surface area (Å²) in [7, 11) is 0. The second-order valence-electron chi connectivity index (χ2n) is 1.25. The summed E-state index contributed by atoms with van der Waals surface area (Å²) in [5, 5.41) is 16.9. The first kappa shape index (κ1) is 8.86. The molecule has 0 aromatic carbocycles. The van der Waals surface area contributed by atoms with Crippen molar-refractivity contribution < 1.29 is 29.3 Å². The minimum absolute atomic E-state index is 0.0813. The normalized spacial score (nSPS) is 15.0. The van der Waals surface area contributed by atoms with Gasteiger partial charge in [-0.1, -0.05) is 0 Å². The molecule has 0 heterocycles. The third-order valence-corrected chi connectivity index (χ3v) is 0.634. The van der Waals surface area contributed by atoms with Crippen LogP contribution in [0.2, 0.25) is 0 Å². The fraction of sp³-hybridized carbons (Fsp3) is 0.500. The third-order valence-electron chi connectivity index (χ3n) is 0.634. The minimum atomic E-state index is -1.83. The molecule has 0 bridgehead atoms. The molecule has 2 atom stereocenters. The number of carbonyl (C=O) groups is 2. The van der Waals surface area contributed by atoms with E-state index in [0.29, 0.717) is 0 Å². The van der Waals surface area contributed by atoms with E-state index in [2.05, 4.69) is 9.47 Å². The van der Waals surface area contributed by atoms with Crippen molar-refractivity contribution >= 4 is 12.9 Å². The number of rotatable bonds is 5. The van der Waals surface area contributed by atoms with Crippen LogP contribution in [0.5, 0.6) is 0 Å². The Kier molecular flexibility index (Phi) is 4.17. The van der Waals surface area contributed by atoms with Crippen molar-refractivity contribution in [1.82, 2.24) is 0 Å². The summed E-state index contributed by atoms with van der Waals surface area (Å²) in [6.45, 7) is -0.163. The number of carbonyl (C=O) groups excluding carboxylic acids is 2. The van der Waals surface area contributed by atoms with Crippen molar-refractivity contribution in [3.8, 4) is 0 Å². The fourth-order valence-electron chi connectivity index (χ4n) is 0.248. The maximum Gasteiger partial charge on any atom is 0.295 e. The lowest BCUT2D eigenvalue weighted by Gasteiger charge is -2.12. The van der Waals surface area contributed by atoms with Crippen LogP contribution >= 0.6 is 0 Å². The van der Waals surface area contributed by atoms with Crippen LogP contribution in [0.4, 0.5) is 0 Å². The molecular formula is C4H6O6. The number of aliphatic hydroxyl groups is 2. The molecule has 0 saturated carbocycles. The predicted molar refractivity (Wildman–Crippen MR) is 26.3 cm³/mol. The molecule has 0 saturated heterocycles. The highest BCUT2D eigenvalue weighted by Crippen LogP contribution is 1.93. The van der Waals surface area contributed by atoms with Gasteiger partial charge in [-0.2, -0.15) is 0 Å². The zero-order valence-electron chi connectivity index (χ0n) is 4.84. The molecule has 0 rings (SSSR count). The van der Waals surface area contributed by atoms with E-state index >= 15 is 0 Å². The van der Waals surface area contributed by atoms with Gasteiger partial charge in [-0.05, 0) is 0 Å². The summed E-state index contributed by atoms with van der Waals surface area (Å²) >= 11 is 0. The Morgan fingerprint density at radius 3 is 1.50 bits per heavy atom. The van der Waals surface area contributed by atoms with Gasteiger partial charge in [0.2, 0.25) is 0 Å². The predicted octanol–water partition coefficient (Wildman–Crippen LogP) is -2.03. The Morgan fingerprint density at radius 2 is 1.30 bits per heavy atom. The van der Waals surface area contributed by atoms with E-state index < -0.39 is 12.6 Å². The smallest absolute Gasteiger partial charge is 0.295 e. The Hall–Kier alpha value is -1.14. The molecule has 0 aliphatic carbocycles. The standard InChI is InChI=1S/C4H6O6/c5-1-9-3(7)4(8)10-2-6/h1-4,7-8H. The summed E-state index contributed by atoms with van der Waals surface area (Å²) in [4.78, 5) is 19.0. The molecule has 0 spiro atoms. The minimum Gasteiger partial charge on any atom is -0.431 e. The average molecular weight is 150 g/mol. The van der Waals surface area contributed by atoms with Gasteiger partial charge in [-0.3, -0.25) is 9.59 Å². The molecule has 0 aromatic rings. The molecule has 6 nitrogen and oxygen atoms in total. The van der Waals surface area contributed by atoms with Gasteiger partial charge in [0.25, 0.3) is 25.5 Å². The molecule has 0 fully saturated rings. The van der Waals surface area contributed by atoms with Gasteiger partial charge < -0.3 is 19.7 Å². The molecule has 6 heteroatoms. The van der Waals surface area contributed by atoms with Crippen LogP contribution in [0.1, 0.15) is 0 Å². The quantitative estimate of drug-likeness (QED) is 0.346. The van der Waals surface area contributed by atoms with Crippen molar-refractivity contribution in [1.29, 1.82) is 0 Å². The third kappa shape index (κ3) is 3.00. The van der Waals surface area contributed by atoms with E-state index in [-0.39, 0.29) is 12.9 Å². The summed E-state index contributed by atoms with van der Waals surface area (Å²) in [5.74, 6) is 0. The van der Waals surface area contributed by atoms with E-state index in [1.807, 2.05) is 0 Å². The molecule has 0 aliphatic rings. The largest absolute Gasteiger partial charge is 0.431 e. The van der Waals surface area contributed by atoms with E-state index in [1.165, 1.54) is 0 Å². The van der Waals surface area contributed by atoms with Crippen LogP contribution in [0.3, 0.4) is 0 Å². The topological polar surface area (TPSA) is 93.1 Å². The van der Waals surface area contributed by atoms with E-state index in [9.17, 15) is 9.59 Å². The van der Waals surface area contributed by atoms with Gasteiger partial charge in [-0.25, -0.2) is 0 Å². The Bertz CT molecular complexity index is 98.3. The lowest BCUT2D eigenvalue weighted by Crippen LogP contribution is -2.30. The zero-order valence-corrected chi connectivity index (χ0v) is 4.84.